The maximum absolute atomic E-state index is 5.70. The number of anilines is 1. The van der Waals surface area contributed by atoms with Crippen molar-refractivity contribution in [3.05, 3.63) is 12.4 Å². The van der Waals surface area contributed by atoms with Gasteiger partial charge in [0.1, 0.15) is 18.8 Å². The lowest BCUT2D eigenvalue weighted by Gasteiger charge is -2.35. The zero-order chi connectivity index (χ0) is 12.3. The first-order valence-corrected chi connectivity index (χ1v) is 5.57. The van der Waals surface area contributed by atoms with E-state index in [1.165, 1.54) is 6.33 Å². The van der Waals surface area contributed by atoms with Crippen molar-refractivity contribution in [1.82, 2.24) is 9.97 Å². The molecule has 2 heterocycles. The summed E-state index contributed by atoms with van der Waals surface area (Å²) in [6, 6.07) is 1.59. The highest BCUT2D eigenvalue weighted by atomic mass is 16.7. The minimum absolute atomic E-state index is 0.00920. The Morgan fingerprint density at radius 3 is 3.06 bits per heavy atom. The molecule has 1 aliphatic rings. The van der Waals surface area contributed by atoms with E-state index < -0.39 is 5.79 Å². The van der Waals surface area contributed by atoms with E-state index in [9.17, 15) is 0 Å². The summed E-state index contributed by atoms with van der Waals surface area (Å²) in [5.74, 6) is 0.311. The van der Waals surface area contributed by atoms with Gasteiger partial charge >= 0.3 is 0 Å². The highest BCUT2D eigenvalue weighted by Crippen LogP contribution is 2.22. The van der Waals surface area contributed by atoms with Crippen molar-refractivity contribution < 1.29 is 14.2 Å². The van der Waals surface area contributed by atoms with Crippen LogP contribution in [0.3, 0.4) is 0 Å². The zero-order valence-corrected chi connectivity index (χ0v) is 10.0. The number of aromatic nitrogens is 2. The second-order valence-corrected chi connectivity index (χ2v) is 4.37. The number of nitrogens with zero attached hydrogens (tertiary/aromatic N) is 2. The Bertz CT molecular complexity index is 384. The van der Waals surface area contributed by atoms with E-state index in [2.05, 4.69) is 9.97 Å². The smallest absolute Gasteiger partial charge is 0.218 e. The molecule has 0 aromatic carbocycles. The van der Waals surface area contributed by atoms with Crippen molar-refractivity contribution in [1.29, 1.82) is 0 Å². The molecule has 94 valence electrons. The van der Waals surface area contributed by atoms with E-state index in [1.807, 2.05) is 13.8 Å². The molecule has 1 atom stereocenters. The lowest BCUT2D eigenvalue weighted by Crippen LogP contribution is -2.42. The molecule has 2 N–H and O–H groups in total. The first kappa shape index (κ1) is 12.1. The minimum atomic E-state index is -0.545. The molecule has 0 aliphatic carbocycles. The van der Waals surface area contributed by atoms with Crippen LogP contribution in [-0.2, 0) is 9.47 Å². The monoisotopic (exact) mass is 239 g/mol. The Kier molecular flexibility index (Phi) is 3.44. The molecular formula is C11H17N3O3. The minimum Gasteiger partial charge on any atom is -0.475 e. The Morgan fingerprint density at radius 1 is 1.53 bits per heavy atom. The molecule has 1 aromatic rings. The standard InChI is InChI=1S/C11H17N3O3/c1-11(2)16-4-3-8(17-11)6-15-10-5-9(12)13-7-14-10/h5,7-8H,3-4,6H2,1-2H3,(H2,12,13,14)/t8-/m1/s1. The fourth-order valence-corrected chi connectivity index (χ4v) is 1.66. The summed E-state index contributed by atoms with van der Waals surface area (Å²) in [4.78, 5) is 7.75. The van der Waals surface area contributed by atoms with Crippen LogP contribution >= 0.6 is 0 Å². The topological polar surface area (TPSA) is 79.5 Å². The average molecular weight is 239 g/mol. The van der Waals surface area contributed by atoms with Gasteiger partial charge in [0.2, 0.25) is 5.88 Å². The molecule has 0 amide bonds. The molecule has 0 bridgehead atoms. The molecule has 1 saturated heterocycles. The van der Waals surface area contributed by atoms with Crippen LogP contribution in [0.1, 0.15) is 20.3 Å². The van der Waals surface area contributed by atoms with Gasteiger partial charge in [0.25, 0.3) is 0 Å². The second-order valence-electron chi connectivity index (χ2n) is 4.37. The third kappa shape index (κ3) is 3.54. The zero-order valence-electron chi connectivity index (χ0n) is 10.0. The van der Waals surface area contributed by atoms with Crippen LogP contribution in [0.5, 0.6) is 5.88 Å². The summed E-state index contributed by atoms with van der Waals surface area (Å²) in [5.41, 5.74) is 5.53. The van der Waals surface area contributed by atoms with Gasteiger partial charge in [-0.1, -0.05) is 0 Å². The summed E-state index contributed by atoms with van der Waals surface area (Å²) < 4.78 is 16.7. The molecule has 1 fully saturated rings. The van der Waals surface area contributed by atoms with Gasteiger partial charge in [-0.25, -0.2) is 9.97 Å². The van der Waals surface area contributed by atoms with Crippen LogP contribution in [0.4, 0.5) is 5.82 Å². The number of nitrogen functional groups attached to an aromatic ring is 1. The quantitative estimate of drug-likeness (QED) is 0.847. The summed E-state index contributed by atoms with van der Waals surface area (Å²) in [6.45, 7) is 4.89. The normalized spacial score (nSPS) is 23.3. The fraction of sp³-hybridized carbons (Fsp3) is 0.636. The van der Waals surface area contributed by atoms with Crippen molar-refractivity contribution >= 4 is 5.82 Å². The molecule has 0 saturated carbocycles. The molecule has 2 rings (SSSR count). The largest absolute Gasteiger partial charge is 0.475 e. The van der Waals surface area contributed by atoms with Gasteiger partial charge < -0.3 is 19.9 Å². The fourth-order valence-electron chi connectivity index (χ4n) is 1.66. The van der Waals surface area contributed by atoms with Crippen molar-refractivity contribution in [2.45, 2.75) is 32.2 Å². The molecule has 1 aromatic heterocycles. The molecular weight excluding hydrogens is 222 g/mol. The Labute approximate surface area is 100 Å². The van der Waals surface area contributed by atoms with Crippen LogP contribution in [0.2, 0.25) is 0 Å². The second kappa shape index (κ2) is 4.85. The van der Waals surface area contributed by atoms with Crippen LogP contribution < -0.4 is 10.5 Å². The van der Waals surface area contributed by atoms with Gasteiger partial charge in [0.05, 0.1) is 12.7 Å². The lowest BCUT2D eigenvalue weighted by molar-refractivity contribution is -0.276. The van der Waals surface area contributed by atoms with E-state index in [0.29, 0.717) is 24.9 Å². The van der Waals surface area contributed by atoms with Crippen molar-refractivity contribution in [2.75, 3.05) is 18.9 Å². The third-order valence-corrected chi connectivity index (χ3v) is 2.42. The van der Waals surface area contributed by atoms with Gasteiger partial charge in [-0.2, -0.15) is 0 Å². The SMILES string of the molecule is CC1(C)OCC[C@H](COc2cc(N)ncn2)O1. The Balaban J connectivity index is 1.86. The van der Waals surface area contributed by atoms with Crippen molar-refractivity contribution in [3.8, 4) is 5.88 Å². The number of rotatable bonds is 3. The van der Waals surface area contributed by atoms with E-state index in [-0.39, 0.29) is 6.10 Å². The highest BCUT2D eigenvalue weighted by molar-refractivity contribution is 5.30. The summed E-state index contributed by atoms with van der Waals surface area (Å²) in [7, 11) is 0. The van der Waals surface area contributed by atoms with E-state index >= 15 is 0 Å². The van der Waals surface area contributed by atoms with Crippen molar-refractivity contribution in [2.24, 2.45) is 0 Å². The van der Waals surface area contributed by atoms with Crippen LogP contribution in [0, 0.1) is 0 Å². The first-order chi connectivity index (χ1) is 8.05. The van der Waals surface area contributed by atoms with Crippen LogP contribution in [0.25, 0.3) is 0 Å². The van der Waals surface area contributed by atoms with E-state index in [4.69, 9.17) is 19.9 Å². The van der Waals surface area contributed by atoms with E-state index in [1.54, 1.807) is 6.07 Å². The molecule has 0 spiro atoms. The summed E-state index contributed by atoms with van der Waals surface area (Å²) in [6.07, 6.45) is 2.19. The highest BCUT2D eigenvalue weighted by Gasteiger charge is 2.29. The van der Waals surface area contributed by atoms with Crippen LogP contribution in [0.15, 0.2) is 12.4 Å². The van der Waals surface area contributed by atoms with Crippen LogP contribution in [-0.4, -0.2) is 35.1 Å². The number of hydrogen-bond donors (Lipinski definition) is 1. The predicted octanol–water partition coefficient (Wildman–Crippen LogP) is 0.979. The molecule has 6 heteroatoms. The number of ether oxygens (including phenoxy) is 3. The molecule has 1 aliphatic heterocycles. The molecule has 0 unspecified atom stereocenters. The molecule has 0 radical (unpaired) electrons. The van der Waals surface area contributed by atoms with Gasteiger partial charge in [-0.3, -0.25) is 0 Å². The first-order valence-electron chi connectivity index (χ1n) is 5.57. The Morgan fingerprint density at radius 2 is 2.35 bits per heavy atom. The van der Waals surface area contributed by atoms with Gasteiger partial charge in [-0.15, -0.1) is 0 Å². The summed E-state index contributed by atoms with van der Waals surface area (Å²) >= 11 is 0. The predicted molar refractivity (Wildman–Crippen MR) is 61.5 cm³/mol. The number of nitrogens with two attached hydrogens (primary N) is 1. The summed E-state index contributed by atoms with van der Waals surface area (Å²) in [5, 5.41) is 0. The van der Waals surface area contributed by atoms with Gasteiger partial charge in [0, 0.05) is 12.5 Å². The Hall–Kier alpha value is -1.40. The average Bonchev–Trinajstić information content (AvgIpc) is 2.25. The van der Waals surface area contributed by atoms with Gasteiger partial charge in [0.15, 0.2) is 5.79 Å². The van der Waals surface area contributed by atoms with Crippen molar-refractivity contribution in [3.63, 3.8) is 0 Å². The van der Waals surface area contributed by atoms with Gasteiger partial charge in [-0.05, 0) is 13.8 Å². The third-order valence-electron chi connectivity index (χ3n) is 2.42. The number of hydrogen-bond acceptors (Lipinski definition) is 6. The molecule has 17 heavy (non-hydrogen) atoms. The van der Waals surface area contributed by atoms with E-state index in [0.717, 1.165) is 6.42 Å². The maximum atomic E-state index is 5.70. The molecule has 6 nitrogen and oxygen atoms in total. The lowest BCUT2D eigenvalue weighted by atomic mass is 10.2. The maximum Gasteiger partial charge on any atom is 0.218 e.